The number of halogens is 4. The van der Waals surface area contributed by atoms with Gasteiger partial charge in [-0.2, -0.15) is 0 Å². The number of nitrogens with zero attached hydrogens (tertiary/aromatic N) is 1. The Morgan fingerprint density at radius 1 is 1.00 bits per heavy atom. The molecule has 2 amide bonds. The monoisotopic (exact) mass is 430 g/mol. The van der Waals surface area contributed by atoms with Gasteiger partial charge >= 0.3 is 136 Å². The van der Waals surface area contributed by atoms with Crippen LogP contribution < -0.4 is 21.2 Å². The summed E-state index contributed by atoms with van der Waals surface area (Å²) in [4.78, 5) is 25.4. The SMILES string of the molecule is CN1C(=O)c2c(Cl)c(Cl)c(Cl)c(C3C[I-]C3)c2C1=O. The van der Waals surface area contributed by atoms with Gasteiger partial charge in [-0.1, -0.05) is 0 Å². The second-order valence-corrected chi connectivity index (χ2v) is 8.44. The van der Waals surface area contributed by atoms with E-state index in [-0.39, 0.29) is 48.6 Å². The zero-order valence-electron chi connectivity index (χ0n) is 9.77. The molecule has 1 aromatic carbocycles. The Labute approximate surface area is 135 Å². The van der Waals surface area contributed by atoms with Crippen molar-refractivity contribution in [1.82, 2.24) is 4.90 Å². The first-order valence-corrected chi connectivity index (χ1v) is 9.69. The van der Waals surface area contributed by atoms with Crippen LogP contribution in [0.2, 0.25) is 15.1 Å². The predicted molar refractivity (Wildman–Crippen MR) is 70.4 cm³/mol. The van der Waals surface area contributed by atoms with Crippen LogP contribution in [0.25, 0.3) is 0 Å². The Morgan fingerprint density at radius 3 is 2.11 bits per heavy atom. The first-order valence-electron chi connectivity index (χ1n) is 5.51. The van der Waals surface area contributed by atoms with E-state index in [1.807, 2.05) is 0 Å². The van der Waals surface area contributed by atoms with E-state index in [1.54, 1.807) is 0 Å². The number of alkyl halides is 2. The molecule has 19 heavy (non-hydrogen) atoms. The molecule has 0 bridgehead atoms. The fourth-order valence-electron chi connectivity index (χ4n) is 2.28. The first kappa shape index (κ1) is 13.9. The normalized spacial score (nSPS) is 19.3. The van der Waals surface area contributed by atoms with Crippen molar-refractivity contribution in [2.75, 3.05) is 15.9 Å². The molecule has 3 rings (SSSR count). The van der Waals surface area contributed by atoms with Crippen molar-refractivity contribution in [2.45, 2.75) is 5.92 Å². The van der Waals surface area contributed by atoms with Gasteiger partial charge in [0.25, 0.3) is 0 Å². The van der Waals surface area contributed by atoms with Crippen LogP contribution in [0.15, 0.2) is 0 Å². The van der Waals surface area contributed by atoms with Gasteiger partial charge in [-0.05, 0) is 0 Å². The van der Waals surface area contributed by atoms with E-state index in [0.29, 0.717) is 10.6 Å². The summed E-state index contributed by atoms with van der Waals surface area (Å²) < 4.78 is 2.13. The molecule has 2 aliphatic rings. The topological polar surface area (TPSA) is 37.4 Å². The van der Waals surface area contributed by atoms with Gasteiger partial charge in [0, 0.05) is 0 Å². The van der Waals surface area contributed by atoms with Gasteiger partial charge in [0.15, 0.2) is 0 Å². The van der Waals surface area contributed by atoms with Crippen LogP contribution in [0.4, 0.5) is 0 Å². The van der Waals surface area contributed by atoms with Gasteiger partial charge in [0.2, 0.25) is 0 Å². The van der Waals surface area contributed by atoms with Gasteiger partial charge in [-0.15, -0.1) is 0 Å². The molecule has 0 atom stereocenters. The Balaban J connectivity index is 2.35. The molecule has 0 spiro atoms. The fraction of sp³-hybridized carbons (Fsp3) is 0.333. The maximum atomic E-state index is 12.2. The van der Waals surface area contributed by atoms with E-state index >= 15 is 0 Å². The summed E-state index contributed by atoms with van der Waals surface area (Å²) >= 11 is 18.7. The number of rotatable bonds is 1. The molecule has 1 aromatic rings. The summed E-state index contributed by atoms with van der Waals surface area (Å²) in [5, 5.41) is 0.594. The first-order chi connectivity index (χ1) is 8.95. The Hall–Kier alpha value is -0.0400. The number of fused-ring (bicyclic) bond motifs is 1. The molecule has 0 aromatic heterocycles. The third kappa shape index (κ3) is 1.83. The number of carbonyl (C=O) groups excluding carboxylic acids is 2. The standard InChI is InChI=1S/C12H8Cl3INO2/c1-17-11(18)6-5(4-2-16-3-4)8(13)10(15)9(14)7(6)12(17)19/h4H,2-3H2,1H3/q-1. The van der Waals surface area contributed by atoms with Crippen molar-refractivity contribution in [1.29, 1.82) is 0 Å². The van der Waals surface area contributed by atoms with Crippen LogP contribution in [0, 0.1) is 0 Å². The van der Waals surface area contributed by atoms with Crippen molar-refractivity contribution in [3.8, 4) is 0 Å². The van der Waals surface area contributed by atoms with Gasteiger partial charge in [-0.3, -0.25) is 0 Å². The van der Waals surface area contributed by atoms with Crippen LogP contribution in [0.3, 0.4) is 0 Å². The molecule has 0 aliphatic carbocycles. The van der Waals surface area contributed by atoms with Crippen molar-refractivity contribution in [2.24, 2.45) is 0 Å². The molecule has 2 aliphatic heterocycles. The Bertz CT molecular complexity index is 628. The van der Waals surface area contributed by atoms with Crippen molar-refractivity contribution in [3.63, 3.8) is 0 Å². The van der Waals surface area contributed by atoms with Crippen LogP contribution in [-0.4, -0.2) is 32.6 Å². The van der Waals surface area contributed by atoms with Crippen LogP contribution >= 0.6 is 34.8 Å². The number of benzene rings is 1. The molecule has 0 N–H and O–H groups in total. The summed E-state index contributed by atoms with van der Waals surface area (Å²) in [6.07, 6.45) is 0. The fourth-order valence-corrected chi connectivity index (χ4v) is 5.27. The molecule has 102 valence electrons. The van der Waals surface area contributed by atoms with Crippen LogP contribution in [-0.2, 0) is 0 Å². The third-order valence-corrected chi connectivity index (χ3v) is 8.11. The molecule has 7 heteroatoms. The molecule has 3 nitrogen and oxygen atoms in total. The second-order valence-electron chi connectivity index (χ2n) is 4.47. The number of carbonyl (C=O) groups is 2. The van der Waals surface area contributed by atoms with Crippen molar-refractivity contribution in [3.05, 3.63) is 31.8 Å². The summed E-state index contributed by atoms with van der Waals surface area (Å²) in [6, 6.07) is 0. The molecular formula is C12H8Cl3INO2-. The minimum absolute atomic E-state index is 0.0853. The molecule has 1 saturated heterocycles. The van der Waals surface area contributed by atoms with E-state index in [4.69, 9.17) is 34.8 Å². The summed E-state index contributed by atoms with van der Waals surface area (Å²) in [7, 11) is 1.44. The number of hydrogen-bond acceptors (Lipinski definition) is 2. The number of amides is 2. The van der Waals surface area contributed by atoms with E-state index in [2.05, 4.69) is 0 Å². The van der Waals surface area contributed by atoms with Crippen LogP contribution in [0.1, 0.15) is 32.2 Å². The molecule has 2 heterocycles. The minimum atomic E-state index is -0.404. The molecule has 0 saturated carbocycles. The Kier molecular flexibility index (Phi) is 3.48. The molecule has 0 radical (unpaired) electrons. The summed E-state index contributed by atoms with van der Waals surface area (Å²) in [5.41, 5.74) is 1.30. The number of hydrogen-bond donors (Lipinski definition) is 0. The zero-order valence-corrected chi connectivity index (χ0v) is 14.2. The zero-order chi connectivity index (χ0) is 13.9. The summed E-state index contributed by atoms with van der Waals surface area (Å²) in [5.74, 6) is -0.494. The summed E-state index contributed by atoms with van der Waals surface area (Å²) in [6.45, 7) is 0. The molecule has 1 fully saturated rings. The number of imide groups is 1. The maximum absolute atomic E-state index is 12.2. The quantitative estimate of drug-likeness (QED) is 0.273. The van der Waals surface area contributed by atoms with E-state index in [1.165, 1.54) is 7.05 Å². The van der Waals surface area contributed by atoms with E-state index in [9.17, 15) is 9.59 Å². The van der Waals surface area contributed by atoms with E-state index in [0.717, 1.165) is 19.3 Å². The van der Waals surface area contributed by atoms with E-state index < -0.39 is 5.91 Å². The van der Waals surface area contributed by atoms with Crippen molar-refractivity contribution >= 4 is 46.6 Å². The third-order valence-electron chi connectivity index (χ3n) is 3.40. The van der Waals surface area contributed by atoms with Crippen molar-refractivity contribution < 1.29 is 30.8 Å². The average Bonchev–Trinajstić information content (AvgIpc) is 2.54. The van der Waals surface area contributed by atoms with Gasteiger partial charge in [0.1, 0.15) is 0 Å². The molecule has 0 unspecified atom stereocenters. The Morgan fingerprint density at radius 2 is 1.58 bits per heavy atom. The predicted octanol–water partition coefficient (Wildman–Crippen LogP) is 0.0588. The van der Waals surface area contributed by atoms with Gasteiger partial charge in [-0.25, -0.2) is 0 Å². The molecular weight excluding hydrogens is 423 g/mol. The van der Waals surface area contributed by atoms with Crippen LogP contribution in [0.5, 0.6) is 0 Å². The average molecular weight is 431 g/mol. The second kappa shape index (κ2) is 4.76. The van der Waals surface area contributed by atoms with Gasteiger partial charge < -0.3 is 0 Å². The van der Waals surface area contributed by atoms with Gasteiger partial charge in [0.05, 0.1) is 0 Å².